The predicted molar refractivity (Wildman–Crippen MR) is 107 cm³/mol. The summed E-state index contributed by atoms with van der Waals surface area (Å²) >= 11 is 0. The average molecular weight is 362 g/mol. The lowest BCUT2D eigenvalue weighted by Gasteiger charge is -2.11. The van der Waals surface area contributed by atoms with E-state index in [2.05, 4.69) is 5.32 Å². The van der Waals surface area contributed by atoms with E-state index < -0.39 is 0 Å². The number of anilines is 1. The quantitative estimate of drug-likeness (QED) is 0.751. The second-order valence-corrected chi connectivity index (χ2v) is 6.49. The first kappa shape index (κ1) is 18.5. The minimum absolute atomic E-state index is 0.166. The minimum Gasteiger partial charge on any atom is -0.497 e. The normalized spacial score (nSPS) is 10.5. The molecule has 0 aliphatic heterocycles. The fourth-order valence-corrected chi connectivity index (χ4v) is 2.78. The molecule has 0 aliphatic rings. The summed E-state index contributed by atoms with van der Waals surface area (Å²) in [6.07, 6.45) is 1.58. The maximum absolute atomic E-state index is 12.6. The monoisotopic (exact) mass is 362 g/mol. The van der Waals surface area contributed by atoms with Crippen LogP contribution >= 0.6 is 0 Å². The Balaban J connectivity index is 1.82. The molecule has 0 spiro atoms. The van der Waals surface area contributed by atoms with Gasteiger partial charge < -0.3 is 14.6 Å². The van der Waals surface area contributed by atoms with Gasteiger partial charge in [0.25, 0.3) is 11.5 Å². The van der Waals surface area contributed by atoms with E-state index in [1.54, 1.807) is 19.4 Å². The van der Waals surface area contributed by atoms with Crippen LogP contribution in [0.4, 0.5) is 5.69 Å². The van der Waals surface area contributed by atoms with E-state index in [1.807, 2.05) is 56.3 Å². The summed E-state index contributed by atoms with van der Waals surface area (Å²) in [6.45, 7) is 4.38. The number of rotatable bonds is 5. The van der Waals surface area contributed by atoms with Crippen molar-refractivity contribution in [2.45, 2.75) is 20.4 Å². The third kappa shape index (κ3) is 4.44. The van der Waals surface area contributed by atoms with Crippen molar-refractivity contribution in [3.63, 3.8) is 0 Å². The molecule has 3 rings (SSSR count). The van der Waals surface area contributed by atoms with E-state index in [0.717, 1.165) is 22.6 Å². The number of hydrogen-bond donors (Lipinski definition) is 1. The summed E-state index contributed by atoms with van der Waals surface area (Å²) in [5, 5.41) is 2.88. The Kier molecular flexibility index (Phi) is 5.41. The van der Waals surface area contributed by atoms with Gasteiger partial charge in [-0.3, -0.25) is 9.59 Å². The van der Waals surface area contributed by atoms with Crippen LogP contribution in [-0.4, -0.2) is 17.6 Å². The number of nitrogens with one attached hydrogen (secondary N) is 1. The Morgan fingerprint density at radius 1 is 1.04 bits per heavy atom. The van der Waals surface area contributed by atoms with E-state index in [-0.39, 0.29) is 11.5 Å². The molecule has 0 unspecified atom stereocenters. The lowest BCUT2D eigenvalue weighted by Crippen LogP contribution is -2.22. The van der Waals surface area contributed by atoms with Crippen molar-refractivity contribution in [1.29, 1.82) is 0 Å². The summed E-state index contributed by atoms with van der Waals surface area (Å²) in [4.78, 5) is 24.8. The van der Waals surface area contributed by atoms with Crippen LogP contribution in [0.1, 0.15) is 27.0 Å². The van der Waals surface area contributed by atoms with E-state index in [9.17, 15) is 9.59 Å². The van der Waals surface area contributed by atoms with Crippen molar-refractivity contribution in [2.75, 3.05) is 12.4 Å². The van der Waals surface area contributed by atoms with Gasteiger partial charge in [-0.2, -0.15) is 0 Å². The Hall–Kier alpha value is -3.34. The molecule has 0 bridgehead atoms. The van der Waals surface area contributed by atoms with Gasteiger partial charge in [-0.25, -0.2) is 0 Å². The molecule has 138 valence electrons. The molecule has 0 radical (unpaired) electrons. The standard InChI is InChI=1S/C22H22N2O3/c1-15-7-9-19(11-16(15)2)23-22(26)18-8-10-21(25)24(14-18)13-17-5-4-6-20(12-17)27-3/h4-12,14H,13H2,1-3H3,(H,23,26). The highest BCUT2D eigenvalue weighted by Crippen LogP contribution is 2.16. The van der Waals surface area contributed by atoms with E-state index in [1.165, 1.54) is 16.2 Å². The average Bonchev–Trinajstić information content (AvgIpc) is 2.66. The Morgan fingerprint density at radius 3 is 2.59 bits per heavy atom. The molecule has 3 aromatic rings. The summed E-state index contributed by atoms with van der Waals surface area (Å²) in [5.74, 6) is 0.474. The molecule has 5 heteroatoms. The summed E-state index contributed by atoms with van der Waals surface area (Å²) in [7, 11) is 1.60. The molecule has 1 aromatic heterocycles. The molecule has 2 aromatic carbocycles. The first-order valence-corrected chi connectivity index (χ1v) is 8.68. The minimum atomic E-state index is -0.252. The smallest absolute Gasteiger partial charge is 0.257 e. The molecule has 1 N–H and O–H groups in total. The summed E-state index contributed by atoms with van der Waals surface area (Å²) in [6, 6.07) is 16.2. The lowest BCUT2D eigenvalue weighted by molar-refractivity contribution is 0.102. The van der Waals surface area contributed by atoms with Gasteiger partial charge in [0.1, 0.15) is 5.75 Å². The van der Waals surface area contributed by atoms with Crippen molar-refractivity contribution >= 4 is 11.6 Å². The van der Waals surface area contributed by atoms with E-state index in [0.29, 0.717) is 12.1 Å². The number of amides is 1. The van der Waals surface area contributed by atoms with Crippen LogP contribution in [0.3, 0.4) is 0 Å². The molecular weight excluding hydrogens is 340 g/mol. The fraction of sp³-hybridized carbons (Fsp3) is 0.182. The van der Waals surface area contributed by atoms with Gasteiger partial charge >= 0.3 is 0 Å². The van der Waals surface area contributed by atoms with Crippen LogP contribution < -0.4 is 15.6 Å². The van der Waals surface area contributed by atoms with Crippen molar-refractivity contribution < 1.29 is 9.53 Å². The number of nitrogens with zero attached hydrogens (tertiary/aromatic N) is 1. The highest BCUT2D eigenvalue weighted by Gasteiger charge is 2.09. The van der Waals surface area contributed by atoms with Gasteiger partial charge in [0, 0.05) is 18.0 Å². The number of aromatic nitrogens is 1. The molecule has 0 atom stereocenters. The molecule has 5 nitrogen and oxygen atoms in total. The fourth-order valence-electron chi connectivity index (χ4n) is 2.78. The topological polar surface area (TPSA) is 60.3 Å². The molecular formula is C22H22N2O3. The SMILES string of the molecule is COc1cccc(Cn2cc(C(=O)Nc3ccc(C)c(C)c3)ccc2=O)c1. The van der Waals surface area contributed by atoms with Crippen molar-refractivity contribution in [1.82, 2.24) is 4.57 Å². The number of aryl methyl sites for hydroxylation is 2. The zero-order valence-electron chi connectivity index (χ0n) is 15.7. The van der Waals surface area contributed by atoms with Crippen LogP contribution in [0.2, 0.25) is 0 Å². The second kappa shape index (κ2) is 7.91. The molecule has 0 aliphatic carbocycles. The zero-order valence-corrected chi connectivity index (χ0v) is 15.7. The molecule has 0 saturated carbocycles. The number of carbonyl (C=O) groups is 1. The third-order valence-corrected chi connectivity index (χ3v) is 4.50. The highest BCUT2D eigenvalue weighted by molar-refractivity contribution is 6.04. The molecule has 0 saturated heterocycles. The van der Waals surface area contributed by atoms with Crippen molar-refractivity contribution in [3.8, 4) is 5.75 Å². The van der Waals surface area contributed by atoms with Gasteiger partial charge in [0.05, 0.1) is 19.2 Å². The van der Waals surface area contributed by atoms with Crippen LogP contribution in [0.25, 0.3) is 0 Å². The number of carbonyl (C=O) groups excluding carboxylic acids is 1. The third-order valence-electron chi connectivity index (χ3n) is 4.50. The van der Waals surface area contributed by atoms with Gasteiger partial charge in [-0.1, -0.05) is 18.2 Å². The van der Waals surface area contributed by atoms with Crippen LogP contribution in [0, 0.1) is 13.8 Å². The van der Waals surface area contributed by atoms with Crippen LogP contribution in [0.5, 0.6) is 5.75 Å². The molecule has 1 heterocycles. The van der Waals surface area contributed by atoms with Crippen LogP contribution in [-0.2, 0) is 6.54 Å². The largest absolute Gasteiger partial charge is 0.497 e. The zero-order chi connectivity index (χ0) is 19.4. The molecule has 0 fully saturated rings. The number of benzene rings is 2. The van der Waals surface area contributed by atoms with Gasteiger partial charge in [0.15, 0.2) is 0 Å². The number of hydrogen-bond acceptors (Lipinski definition) is 3. The first-order chi connectivity index (χ1) is 13.0. The number of ether oxygens (including phenoxy) is 1. The molecule has 1 amide bonds. The van der Waals surface area contributed by atoms with E-state index in [4.69, 9.17) is 4.74 Å². The second-order valence-electron chi connectivity index (χ2n) is 6.49. The van der Waals surface area contributed by atoms with E-state index >= 15 is 0 Å². The van der Waals surface area contributed by atoms with Crippen LogP contribution in [0.15, 0.2) is 65.6 Å². The Bertz CT molecular complexity index is 1040. The Labute approximate surface area is 158 Å². The molecule has 27 heavy (non-hydrogen) atoms. The van der Waals surface area contributed by atoms with Gasteiger partial charge in [0.2, 0.25) is 0 Å². The lowest BCUT2D eigenvalue weighted by atomic mass is 10.1. The maximum Gasteiger partial charge on any atom is 0.257 e. The summed E-state index contributed by atoms with van der Waals surface area (Å²) < 4.78 is 6.74. The predicted octanol–water partition coefficient (Wildman–Crippen LogP) is 3.77. The van der Waals surface area contributed by atoms with Crippen molar-refractivity contribution in [3.05, 3.63) is 93.4 Å². The number of methoxy groups -OCH3 is 1. The first-order valence-electron chi connectivity index (χ1n) is 8.68. The van der Waals surface area contributed by atoms with Gasteiger partial charge in [-0.15, -0.1) is 0 Å². The van der Waals surface area contributed by atoms with Crippen molar-refractivity contribution in [2.24, 2.45) is 0 Å². The maximum atomic E-state index is 12.6. The summed E-state index contributed by atoms with van der Waals surface area (Å²) in [5.41, 5.74) is 4.18. The van der Waals surface area contributed by atoms with Gasteiger partial charge in [-0.05, 0) is 60.9 Å². The number of pyridine rings is 1. The highest BCUT2D eigenvalue weighted by atomic mass is 16.5. The Morgan fingerprint density at radius 2 is 1.85 bits per heavy atom.